The Morgan fingerprint density at radius 2 is 2.20 bits per heavy atom. The molecule has 1 aliphatic rings. The van der Waals surface area contributed by atoms with Gasteiger partial charge < -0.3 is 4.90 Å². The molecule has 1 fully saturated rings. The van der Waals surface area contributed by atoms with Crippen molar-refractivity contribution >= 4 is 22.9 Å². The Kier molecular flexibility index (Phi) is 3.39. The lowest BCUT2D eigenvalue weighted by atomic mass is 10.1. The second-order valence-electron chi connectivity index (χ2n) is 3.13. The van der Waals surface area contributed by atoms with Crippen LogP contribution in [0.4, 0.5) is 0 Å². The summed E-state index contributed by atoms with van der Waals surface area (Å²) >= 11 is 2.41. The fourth-order valence-electron chi connectivity index (χ4n) is 1.33. The summed E-state index contributed by atoms with van der Waals surface area (Å²) in [5.74, 6) is 0. The molecule has 1 heterocycles. The van der Waals surface area contributed by atoms with E-state index in [2.05, 4.69) is 45.0 Å². The highest BCUT2D eigenvalue weighted by Crippen LogP contribution is 2.16. The molecule has 0 saturated carbocycles. The SMILES string of the molecule is CN(C)[C@H]1CCCN(I)C1. The van der Waals surface area contributed by atoms with Crippen LogP contribution in [0.25, 0.3) is 0 Å². The Balaban J connectivity index is 2.32. The van der Waals surface area contributed by atoms with Crippen molar-refractivity contribution in [1.29, 1.82) is 0 Å². The van der Waals surface area contributed by atoms with Crippen LogP contribution in [0.1, 0.15) is 12.8 Å². The average Bonchev–Trinajstić information content (AvgIpc) is 1.88. The molecule has 2 nitrogen and oxygen atoms in total. The lowest BCUT2D eigenvalue weighted by Crippen LogP contribution is -2.40. The fraction of sp³-hybridized carbons (Fsp3) is 1.00. The third-order valence-corrected chi connectivity index (χ3v) is 2.95. The topological polar surface area (TPSA) is 6.48 Å². The quantitative estimate of drug-likeness (QED) is 0.515. The predicted molar refractivity (Wildman–Crippen MR) is 52.3 cm³/mol. The number of piperidine rings is 1. The molecule has 1 rings (SSSR count). The summed E-state index contributed by atoms with van der Waals surface area (Å²) in [4.78, 5) is 2.32. The van der Waals surface area contributed by atoms with Gasteiger partial charge in [0, 0.05) is 42.0 Å². The number of likely N-dealkylation sites (N-methyl/N-ethyl adjacent to an activating group) is 1. The van der Waals surface area contributed by atoms with E-state index in [0.717, 1.165) is 6.04 Å². The highest BCUT2D eigenvalue weighted by Gasteiger charge is 2.18. The average molecular weight is 254 g/mol. The number of hydrogen-bond donors (Lipinski definition) is 0. The Bertz CT molecular complexity index is 106. The van der Waals surface area contributed by atoms with Gasteiger partial charge in [0.05, 0.1) is 0 Å². The van der Waals surface area contributed by atoms with Crippen molar-refractivity contribution in [3.05, 3.63) is 0 Å². The van der Waals surface area contributed by atoms with Crippen molar-refractivity contribution in [1.82, 2.24) is 8.01 Å². The smallest absolute Gasteiger partial charge is 0.0237 e. The van der Waals surface area contributed by atoms with E-state index in [1.807, 2.05) is 0 Å². The Hall–Kier alpha value is 0.650. The molecular weight excluding hydrogens is 239 g/mol. The van der Waals surface area contributed by atoms with Gasteiger partial charge in [0.25, 0.3) is 0 Å². The van der Waals surface area contributed by atoms with Gasteiger partial charge in [0.1, 0.15) is 0 Å². The Morgan fingerprint density at radius 3 is 2.60 bits per heavy atom. The third-order valence-electron chi connectivity index (χ3n) is 2.08. The van der Waals surface area contributed by atoms with Crippen molar-refractivity contribution in [2.45, 2.75) is 18.9 Å². The van der Waals surface area contributed by atoms with Gasteiger partial charge >= 0.3 is 0 Å². The van der Waals surface area contributed by atoms with Crippen LogP contribution in [0.3, 0.4) is 0 Å². The number of nitrogens with zero attached hydrogens (tertiary/aromatic N) is 2. The van der Waals surface area contributed by atoms with Crippen LogP contribution in [-0.2, 0) is 0 Å². The van der Waals surface area contributed by atoms with Crippen LogP contribution in [0, 0.1) is 0 Å². The first-order chi connectivity index (χ1) is 4.70. The maximum atomic E-state index is 2.41. The summed E-state index contributed by atoms with van der Waals surface area (Å²) in [6.45, 7) is 2.50. The van der Waals surface area contributed by atoms with E-state index < -0.39 is 0 Å². The molecule has 0 unspecified atom stereocenters. The highest BCUT2D eigenvalue weighted by atomic mass is 127. The van der Waals surface area contributed by atoms with E-state index in [1.165, 1.54) is 25.9 Å². The number of rotatable bonds is 1. The summed E-state index contributed by atoms with van der Waals surface area (Å²) in [7, 11) is 4.33. The van der Waals surface area contributed by atoms with Crippen molar-refractivity contribution in [3.63, 3.8) is 0 Å². The molecule has 0 aromatic heterocycles. The van der Waals surface area contributed by atoms with Gasteiger partial charge in [-0.05, 0) is 26.9 Å². The standard InChI is InChI=1S/C7H15IN2/c1-9(2)7-4-3-5-10(8)6-7/h7H,3-6H2,1-2H3/t7-/m0/s1. The predicted octanol–water partition coefficient (Wildman–Crippen LogP) is 1.36. The summed E-state index contributed by atoms with van der Waals surface area (Å²) < 4.78 is 2.38. The van der Waals surface area contributed by atoms with E-state index in [1.54, 1.807) is 0 Å². The minimum Gasteiger partial charge on any atom is -0.305 e. The van der Waals surface area contributed by atoms with Crippen molar-refractivity contribution < 1.29 is 0 Å². The summed E-state index contributed by atoms with van der Waals surface area (Å²) in [5.41, 5.74) is 0. The third kappa shape index (κ3) is 2.36. The van der Waals surface area contributed by atoms with E-state index in [4.69, 9.17) is 0 Å². The minimum atomic E-state index is 0.783. The second-order valence-corrected chi connectivity index (χ2v) is 4.49. The lowest BCUT2D eigenvalue weighted by molar-refractivity contribution is 0.208. The molecule has 60 valence electrons. The van der Waals surface area contributed by atoms with Gasteiger partial charge in [-0.2, -0.15) is 0 Å². The molecule has 0 radical (unpaired) electrons. The van der Waals surface area contributed by atoms with Crippen LogP contribution in [0.2, 0.25) is 0 Å². The molecule has 1 aliphatic heterocycles. The monoisotopic (exact) mass is 254 g/mol. The molecule has 1 saturated heterocycles. The second kappa shape index (κ2) is 3.88. The maximum absolute atomic E-state index is 2.41. The van der Waals surface area contributed by atoms with E-state index in [9.17, 15) is 0 Å². The lowest BCUT2D eigenvalue weighted by Gasteiger charge is -2.32. The zero-order valence-corrected chi connectivity index (χ0v) is 8.84. The molecule has 0 spiro atoms. The van der Waals surface area contributed by atoms with Gasteiger partial charge in [-0.15, -0.1) is 0 Å². The first kappa shape index (κ1) is 8.74. The van der Waals surface area contributed by atoms with Crippen LogP contribution in [0.5, 0.6) is 0 Å². The summed E-state index contributed by atoms with van der Waals surface area (Å²) in [5, 5.41) is 0. The molecule has 0 amide bonds. The van der Waals surface area contributed by atoms with Crippen LogP contribution < -0.4 is 0 Å². The van der Waals surface area contributed by atoms with Gasteiger partial charge in [0.15, 0.2) is 0 Å². The first-order valence-electron chi connectivity index (χ1n) is 3.77. The highest BCUT2D eigenvalue weighted by molar-refractivity contribution is 14.1. The first-order valence-corrected chi connectivity index (χ1v) is 4.74. The molecule has 0 N–H and O–H groups in total. The Morgan fingerprint density at radius 1 is 1.50 bits per heavy atom. The minimum absolute atomic E-state index is 0.783. The number of hydrogen-bond acceptors (Lipinski definition) is 2. The molecule has 0 bridgehead atoms. The van der Waals surface area contributed by atoms with Gasteiger partial charge in [-0.3, -0.25) is 0 Å². The van der Waals surface area contributed by atoms with E-state index >= 15 is 0 Å². The molecule has 10 heavy (non-hydrogen) atoms. The van der Waals surface area contributed by atoms with Crippen LogP contribution in [-0.4, -0.2) is 41.2 Å². The molecule has 0 aliphatic carbocycles. The van der Waals surface area contributed by atoms with E-state index in [0.29, 0.717) is 0 Å². The zero-order chi connectivity index (χ0) is 7.56. The maximum Gasteiger partial charge on any atom is 0.0237 e. The fourth-order valence-corrected chi connectivity index (χ4v) is 2.13. The molecule has 0 aromatic carbocycles. The van der Waals surface area contributed by atoms with Crippen molar-refractivity contribution in [2.24, 2.45) is 0 Å². The van der Waals surface area contributed by atoms with Crippen molar-refractivity contribution in [2.75, 3.05) is 27.2 Å². The zero-order valence-electron chi connectivity index (χ0n) is 6.68. The molecule has 3 heteroatoms. The molecular formula is C7H15IN2. The van der Waals surface area contributed by atoms with Gasteiger partial charge in [-0.1, -0.05) is 0 Å². The van der Waals surface area contributed by atoms with Gasteiger partial charge in [0.2, 0.25) is 0 Å². The largest absolute Gasteiger partial charge is 0.305 e. The Labute approximate surface area is 77.1 Å². The molecule has 0 aromatic rings. The number of halogens is 1. The van der Waals surface area contributed by atoms with Crippen molar-refractivity contribution in [3.8, 4) is 0 Å². The van der Waals surface area contributed by atoms with Crippen LogP contribution in [0.15, 0.2) is 0 Å². The van der Waals surface area contributed by atoms with Crippen LogP contribution >= 0.6 is 22.9 Å². The molecule has 1 atom stereocenters. The normalized spacial score (nSPS) is 29.4. The summed E-state index contributed by atoms with van der Waals surface area (Å²) in [6, 6.07) is 0.783. The van der Waals surface area contributed by atoms with Gasteiger partial charge in [-0.25, -0.2) is 3.11 Å². The summed E-state index contributed by atoms with van der Waals surface area (Å²) in [6.07, 6.45) is 2.72. The van der Waals surface area contributed by atoms with E-state index in [-0.39, 0.29) is 0 Å².